The molecule has 0 spiro atoms. The maximum absolute atomic E-state index is 13.3. The highest BCUT2D eigenvalue weighted by Gasteiger charge is 2.41. The number of carbonyl (C=O) groups excluding carboxylic acids is 1. The van der Waals surface area contributed by atoms with E-state index in [1.165, 1.54) is 0 Å². The zero-order chi connectivity index (χ0) is 27.0. The maximum Gasteiger partial charge on any atom is 0.312 e. The second kappa shape index (κ2) is 10.7. The lowest BCUT2D eigenvalue weighted by atomic mass is 9.97. The summed E-state index contributed by atoms with van der Waals surface area (Å²) in [6.45, 7) is 11.9. The van der Waals surface area contributed by atoms with Gasteiger partial charge in [-0.25, -0.2) is 4.98 Å². The van der Waals surface area contributed by atoms with E-state index in [9.17, 15) is 9.59 Å². The number of benzene rings is 1. The van der Waals surface area contributed by atoms with E-state index in [0.29, 0.717) is 16.8 Å². The van der Waals surface area contributed by atoms with Gasteiger partial charge >= 0.3 is 5.97 Å². The van der Waals surface area contributed by atoms with Crippen molar-refractivity contribution in [3.63, 3.8) is 0 Å². The Hall–Kier alpha value is -2.84. The van der Waals surface area contributed by atoms with Crippen molar-refractivity contribution in [1.82, 2.24) is 18.9 Å². The smallest absolute Gasteiger partial charge is 0.312 e. The third-order valence-electron chi connectivity index (χ3n) is 7.47. The number of ether oxygens (including phenoxy) is 1. The van der Waals surface area contributed by atoms with Crippen LogP contribution in [-0.4, -0.2) is 62.6 Å². The van der Waals surface area contributed by atoms with E-state index in [1.54, 1.807) is 10.5 Å². The standard InChI is InChI=1S/C29H38ClN5O3/c1-5-6-7-13-34-25(15-26(36)35-19-24(31-28(34)35)20-8-10-22(30)11-9-20)32-14-12-23(18-32)33-16-21(17-33)27(37)38-29(2,3)4/h8-11,15,19,21,23H,5-7,12-14,16-18H2,1-4H3. The van der Waals surface area contributed by atoms with Gasteiger partial charge in [0.1, 0.15) is 11.4 Å². The van der Waals surface area contributed by atoms with E-state index in [0.717, 1.165) is 75.5 Å². The number of aryl methyl sites for hydroxylation is 1. The molecular weight excluding hydrogens is 502 g/mol. The highest BCUT2D eigenvalue weighted by Crippen LogP contribution is 2.30. The van der Waals surface area contributed by atoms with Crippen molar-refractivity contribution >= 4 is 29.2 Å². The lowest BCUT2D eigenvalue weighted by Crippen LogP contribution is -2.56. The molecule has 38 heavy (non-hydrogen) atoms. The van der Waals surface area contributed by atoms with Gasteiger partial charge in [0.2, 0.25) is 5.78 Å². The fourth-order valence-electron chi connectivity index (χ4n) is 5.43. The molecule has 0 amide bonds. The van der Waals surface area contributed by atoms with Gasteiger partial charge in [-0.1, -0.05) is 43.5 Å². The highest BCUT2D eigenvalue weighted by molar-refractivity contribution is 6.30. The van der Waals surface area contributed by atoms with E-state index in [-0.39, 0.29) is 17.4 Å². The second-order valence-electron chi connectivity index (χ2n) is 11.6. The Kier molecular flexibility index (Phi) is 7.56. The van der Waals surface area contributed by atoms with Crippen LogP contribution in [-0.2, 0) is 16.1 Å². The fraction of sp³-hybridized carbons (Fsp3) is 0.552. The summed E-state index contributed by atoms with van der Waals surface area (Å²) in [5.41, 5.74) is 1.15. The Balaban J connectivity index is 1.37. The van der Waals surface area contributed by atoms with Crippen molar-refractivity contribution in [2.75, 3.05) is 31.1 Å². The van der Waals surface area contributed by atoms with Crippen LogP contribution in [0, 0.1) is 5.92 Å². The summed E-state index contributed by atoms with van der Waals surface area (Å²) in [6, 6.07) is 9.65. The minimum Gasteiger partial charge on any atom is -0.460 e. The van der Waals surface area contributed by atoms with Crippen LogP contribution >= 0.6 is 11.6 Å². The van der Waals surface area contributed by atoms with Crippen LogP contribution in [0.5, 0.6) is 0 Å². The second-order valence-corrected chi connectivity index (χ2v) is 12.0. The molecular formula is C29H38ClN5O3. The van der Waals surface area contributed by atoms with Crippen LogP contribution in [0.25, 0.3) is 17.0 Å². The van der Waals surface area contributed by atoms with Crippen LogP contribution in [0.4, 0.5) is 5.82 Å². The first kappa shape index (κ1) is 26.8. The van der Waals surface area contributed by atoms with E-state index in [4.69, 9.17) is 21.3 Å². The van der Waals surface area contributed by atoms with Gasteiger partial charge in [0.25, 0.3) is 5.56 Å². The summed E-state index contributed by atoms with van der Waals surface area (Å²) in [5.74, 6) is 1.45. The number of halogens is 1. The number of unbranched alkanes of at least 4 members (excludes halogenated alkanes) is 2. The number of nitrogens with zero attached hydrogens (tertiary/aromatic N) is 5. The molecule has 4 heterocycles. The first-order valence-corrected chi connectivity index (χ1v) is 14.1. The molecule has 5 rings (SSSR count). The Labute approximate surface area is 229 Å². The highest BCUT2D eigenvalue weighted by atomic mass is 35.5. The molecule has 9 heteroatoms. The minimum absolute atomic E-state index is 0.0527. The number of esters is 1. The molecule has 2 fully saturated rings. The summed E-state index contributed by atoms with van der Waals surface area (Å²) < 4.78 is 9.44. The van der Waals surface area contributed by atoms with Gasteiger partial charge in [-0.15, -0.1) is 0 Å². The monoisotopic (exact) mass is 539 g/mol. The zero-order valence-corrected chi connectivity index (χ0v) is 23.6. The lowest BCUT2D eigenvalue weighted by molar-refractivity contribution is -0.166. The number of rotatable bonds is 8. The molecule has 0 saturated carbocycles. The van der Waals surface area contributed by atoms with Crippen molar-refractivity contribution in [2.24, 2.45) is 5.92 Å². The molecule has 204 valence electrons. The Morgan fingerprint density at radius 3 is 2.55 bits per heavy atom. The van der Waals surface area contributed by atoms with Gasteiger partial charge in [-0.2, -0.15) is 0 Å². The number of fused-ring (bicyclic) bond motifs is 1. The third kappa shape index (κ3) is 5.61. The van der Waals surface area contributed by atoms with Crippen LogP contribution in [0.1, 0.15) is 53.4 Å². The van der Waals surface area contributed by atoms with Gasteiger partial charge in [0, 0.05) is 61.6 Å². The maximum atomic E-state index is 13.3. The van der Waals surface area contributed by atoms with E-state index in [1.807, 2.05) is 51.2 Å². The van der Waals surface area contributed by atoms with Crippen LogP contribution < -0.4 is 10.5 Å². The zero-order valence-electron chi connectivity index (χ0n) is 22.8. The van der Waals surface area contributed by atoms with Gasteiger partial charge < -0.3 is 9.64 Å². The average molecular weight is 540 g/mol. The molecule has 0 aliphatic carbocycles. The number of carbonyl (C=O) groups is 1. The largest absolute Gasteiger partial charge is 0.460 e. The predicted octanol–water partition coefficient (Wildman–Crippen LogP) is 4.86. The number of imidazole rings is 1. The topological polar surface area (TPSA) is 72.1 Å². The third-order valence-corrected chi connectivity index (χ3v) is 7.73. The van der Waals surface area contributed by atoms with Crippen LogP contribution in [0.15, 0.2) is 41.3 Å². The van der Waals surface area contributed by atoms with Gasteiger partial charge in [0.15, 0.2) is 0 Å². The SMILES string of the molecule is CCCCCn1c(N2CCC(N3CC(C(=O)OC(C)(C)C)C3)C2)cc(=O)n2cc(-c3ccc(Cl)cc3)nc12. The van der Waals surface area contributed by atoms with Gasteiger partial charge in [-0.3, -0.25) is 23.5 Å². The molecule has 0 radical (unpaired) electrons. The average Bonchev–Trinajstić information content (AvgIpc) is 3.47. The molecule has 1 atom stereocenters. The number of aromatic nitrogens is 3. The summed E-state index contributed by atoms with van der Waals surface area (Å²) >= 11 is 6.08. The first-order chi connectivity index (χ1) is 18.1. The summed E-state index contributed by atoms with van der Waals surface area (Å²) in [5, 5.41) is 0.669. The molecule has 0 N–H and O–H groups in total. The summed E-state index contributed by atoms with van der Waals surface area (Å²) in [4.78, 5) is 35.3. The summed E-state index contributed by atoms with van der Waals surface area (Å²) in [7, 11) is 0. The van der Waals surface area contributed by atoms with Crippen molar-refractivity contribution in [3.05, 3.63) is 51.9 Å². The molecule has 0 bridgehead atoms. The Morgan fingerprint density at radius 2 is 1.87 bits per heavy atom. The first-order valence-electron chi connectivity index (χ1n) is 13.7. The quantitative estimate of drug-likeness (QED) is 0.301. The number of likely N-dealkylation sites (tertiary alicyclic amines) is 1. The molecule has 2 aliphatic rings. The number of hydrogen-bond acceptors (Lipinski definition) is 6. The van der Waals surface area contributed by atoms with E-state index < -0.39 is 5.60 Å². The fourth-order valence-corrected chi connectivity index (χ4v) is 5.56. The van der Waals surface area contributed by atoms with E-state index >= 15 is 0 Å². The number of anilines is 1. The molecule has 2 aromatic heterocycles. The number of hydrogen-bond donors (Lipinski definition) is 0. The van der Waals surface area contributed by atoms with Crippen LogP contribution in [0.2, 0.25) is 5.02 Å². The van der Waals surface area contributed by atoms with Crippen molar-refractivity contribution in [3.8, 4) is 11.3 Å². The van der Waals surface area contributed by atoms with Crippen molar-refractivity contribution < 1.29 is 9.53 Å². The van der Waals surface area contributed by atoms with Crippen molar-refractivity contribution in [2.45, 2.75) is 71.6 Å². The Bertz CT molecular complexity index is 1350. The molecule has 8 nitrogen and oxygen atoms in total. The predicted molar refractivity (Wildman–Crippen MR) is 151 cm³/mol. The van der Waals surface area contributed by atoms with Gasteiger partial charge in [0.05, 0.1) is 11.6 Å². The van der Waals surface area contributed by atoms with Crippen LogP contribution in [0.3, 0.4) is 0 Å². The normalized spacial score (nSPS) is 18.8. The molecule has 2 aliphatic heterocycles. The molecule has 2 saturated heterocycles. The minimum atomic E-state index is -0.456. The summed E-state index contributed by atoms with van der Waals surface area (Å²) in [6.07, 6.45) is 6.08. The van der Waals surface area contributed by atoms with Crippen molar-refractivity contribution in [1.29, 1.82) is 0 Å². The Morgan fingerprint density at radius 1 is 1.13 bits per heavy atom. The van der Waals surface area contributed by atoms with E-state index in [2.05, 4.69) is 21.3 Å². The molecule has 1 unspecified atom stereocenters. The molecule has 3 aromatic rings. The van der Waals surface area contributed by atoms with Gasteiger partial charge in [-0.05, 0) is 45.7 Å². The molecule has 1 aromatic carbocycles. The lowest BCUT2D eigenvalue weighted by Gasteiger charge is -2.42.